The smallest absolute Gasteiger partial charge is 0.0455 e. The van der Waals surface area contributed by atoms with Gasteiger partial charge in [-0.05, 0) is 55.9 Å². The molecule has 0 saturated heterocycles. The average molecular weight is 326 g/mol. The minimum Gasteiger partial charge on any atom is -0.317 e. The summed E-state index contributed by atoms with van der Waals surface area (Å²) in [5.41, 5.74) is 9.16. The van der Waals surface area contributed by atoms with Crippen LogP contribution in [-0.2, 0) is 25.7 Å². The van der Waals surface area contributed by atoms with Crippen LogP contribution in [0.15, 0.2) is 24.3 Å². The lowest BCUT2D eigenvalue weighted by atomic mass is 9.97. The predicted octanol–water partition coefficient (Wildman–Crippen LogP) is 6.60. The third kappa shape index (κ3) is 3.94. The molecule has 1 heteroatoms. The average Bonchev–Trinajstić information content (AvgIpc) is 2.84. The summed E-state index contributed by atoms with van der Waals surface area (Å²) in [6, 6.07) is 9.11. The van der Waals surface area contributed by atoms with Crippen LogP contribution < -0.4 is 0 Å². The summed E-state index contributed by atoms with van der Waals surface area (Å²) >= 11 is 0. The van der Waals surface area contributed by atoms with Gasteiger partial charge in [0, 0.05) is 17.1 Å². The van der Waals surface area contributed by atoms with Crippen molar-refractivity contribution < 1.29 is 0 Å². The van der Waals surface area contributed by atoms with E-state index in [2.05, 4.69) is 63.5 Å². The van der Waals surface area contributed by atoms with Crippen LogP contribution in [0.4, 0.5) is 0 Å². The summed E-state index contributed by atoms with van der Waals surface area (Å²) in [7, 11) is 0. The summed E-state index contributed by atoms with van der Waals surface area (Å²) in [4.78, 5) is 0. The molecule has 2 aromatic rings. The molecule has 1 aromatic carbocycles. The molecule has 2 rings (SSSR count). The van der Waals surface area contributed by atoms with Crippen molar-refractivity contribution in [3.05, 3.63) is 52.3 Å². The van der Waals surface area contributed by atoms with Crippen molar-refractivity contribution >= 4 is 0 Å². The second-order valence-corrected chi connectivity index (χ2v) is 7.02. The monoisotopic (exact) mass is 325 g/mol. The molecule has 1 aromatic heterocycles. The van der Waals surface area contributed by atoms with Gasteiger partial charge in [0.25, 0.3) is 0 Å². The molecule has 1 heterocycles. The summed E-state index contributed by atoms with van der Waals surface area (Å²) < 4.78 is 2.61. The molecular weight excluding hydrogens is 290 g/mol. The quantitative estimate of drug-likeness (QED) is 0.489. The minimum atomic E-state index is 1.18. The number of aryl methyl sites for hydroxylation is 1. The molecule has 0 aliphatic carbocycles. The first kappa shape index (κ1) is 18.8. The number of benzene rings is 1. The molecule has 0 atom stereocenters. The van der Waals surface area contributed by atoms with E-state index in [1.807, 2.05) is 0 Å². The zero-order chi connectivity index (χ0) is 17.5. The van der Waals surface area contributed by atoms with Gasteiger partial charge < -0.3 is 4.57 Å². The van der Waals surface area contributed by atoms with Gasteiger partial charge in [-0.15, -0.1) is 0 Å². The molecule has 1 nitrogen and oxygen atoms in total. The highest BCUT2D eigenvalue weighted by molar-refractivity contribution is 5.48. The maximum absolute atomic E-state index is 2.61. The van der Waals surface area contributed by atoms with E-state index in [-0.39, 0.29) is 0 Å². The van der Waals surface area contributed by atoms with Crippen LogP contribution in [0, 0.1) is 6.92 Å². The predicted molar refractivity (Wildman–Crippen MR) is 106 cm³/mol. The van der Waals surface area contributed by atoms with Gasteiger partial charge >= 0.3 is 0 Å². The highest BCUT2D eigenvalue weighted by Crippen LogP contribution is 2.31. The Kier molecular flexibility index (Phi) is 7.15. The zero-order valence-electron chi connectivity index (χ0n) is 16.4. The van der Waals surface area contributed by atoms with Crippen molar-refractivity contribution in [1.82, 2.24) is 4.57 Å². The molecule has 0 aliphatic rings. The van der Waals surface area contributed by atoms with Crippen molar-refractivity contribution in [3.63, 3.8) is 0 Å². The lowest BCUT2D eigenvalue weighted by Crippen LogP contribution is -2.06. The molecular formula is C23H35N. The molecule has 0 bridgehead atoms. The number of hydrogen-bond donors (Lipinski definition) is 0. The Morgan fingerprint density at radius 2 is 1.04 bits per heavy atom. The highest BCUT2D eigenvalue weighted by Gasteiger charge is 2.21. The minimum absolute atomic E-state index is 1.18. The van der Waals surface area contributed by atoms with Crippen molar-refractivity contribution in [2.75, 3.05) is 0 Å². The van der Waals surface area contributed by atoms with Crippen molar-refractivity contribution in [2.45, 2.75) is 86.0 Å². The molecule has 0 unspecified atom stereocenters. The van der Waals surface area contributed by atoms with Crippen molar-refractivity contribution in [3.8, 4) is 5.69 Å². The molecule has 0 fully saturated rings. The molecule has 0 N–H and O–H groups in total. The van der Waals surface area contributed by atoms with E-state index in [1.165, 1.54) is 62.6 Å². The van der Waals surface area contributed by atoms with Gasteiger partial charge in [0.1, 0.15) is 0 Å². The largest absolute Gasteiger partial charge is 0.317 e. The first-order chi connectivity index (χ1) is 11.7. The summed E-state index contributed by atoms with van der Waals surface area (Å²) in [5, 5.41) is 0. The summed E-state index contributed by atoms with van der Waals surface area (Å²) in [5.74, 6) is 0. The van der Waals surface area contributed by atoms with Gasteiger partial charge in [-0.2, -0.15) is 0 Å². The zero-order valence-corrected chi connectivity index (χ0v) is 16.4. The van der Waals surface area contributed by atoms with E-state index in [4.69, 9.17) is 0 Å². The molecule has 0 amide bonds. The Morgan fingerprint density at radius 3 is 1.42 bits per heavy atom. The molecule has 0 saturated carbocycles. The fourth-order valence-corrected chi connectivity index (χ4v) is 3.88. The second-order valence-electron chi connectivity index (χ2n) is 7.02. The van der Waals surface area contributed by atoms with Crippen LogP contribution in [0.5, 0.6) is 0 Å². The van der Waals surface area contributed by atoms with Gasteiger partial charge in [-0.25, -0.2) is 0 Å². The second kappa shape index (κ2) is 9.11. The van der Waals surface area contributed by atoms with E-state index in [0.29, 0.717) is 0 Å². The van der Waals surface area contributed by atoms with Gasteiger partial charge in [0.2, 0.25) is 0 Å². The Morgan fingerprint density at radius 1 is 0.625 bits per heavy atom. The number of rotatable bonds is 9. The fraction of sp³-hybridized carbons (Fsp3) is 0.565. The van der Waals surface area contributed by atoms with Crippen LogP contribution in [-0.4, -0.2) is 4.57 Å². The van der Waals surface area contributed by atoms with Crippen LogP contribution >= 0.6 is 0 Å². The first-order valence-electron chi connectivity index (χ1n) is 9.98. The van der Waals surface area contributed by atoms with Gasteiger partial charge in [0.05, 0.1) is 0 Å². The topological polar surface area (TPSA) is 4.93 Å². The van der Waals surface area contributed by atoms with E-state index < -0.39 is 0 Å². The Hall–Kier alpha value is -1.50. The third-order valence-electron chi connectivity index (χ3n) is 4.87. The Bertz CT molecular complexity index is 598. The van der Waals surface area contributed by atoms with E-state index in [0.717, 1.165) is 0 Å². The maximum Gasteiger partial charge on any atom is 0.0455 e. The summed E-state index contributed by atoms with van der Waals surface area (Å²) in [6.07, 6.45) is 9.70. The molecule has 0 aliphatic heterocycles. The number of hydrogen-bond acceptors (Lipinski definition) is 0. The highest BCUT2D eigenvalue weighted by atomic mass is 15.0. The van der Waals surface area contributed by atoms with Crippen LogP contribution in [0.25, 0.3) is 5.69 Å². The molecule has 0 spiro atoms. The Labute approximate surface area is 149 Å². The Balaban J connectivity index is 2.71. The van der Waals surface area contributed by atoms with E-state index in [9.17, 15) is 0 Å². The van der Waals surface area contributed by atoms with E-state index in [1.54, 1.807) is 22.5 Å². The molecule has 132 valence electrons. The normalized spacial score (nSPS) is 11.2. The van der Waals surface area contributed by atoms with Gasteiger partial charge in [0.15, 0.2) is 0 Å². The van der Waals surface area contributed by atoms with Crippen LogP contribution in [0.1, 0.15) is 81.5 Å². The first-order valence-corrected chi connectivity index (χ1v) is 9.98. The third-order valence-corrected chi connectivity index (χ3v) is 4.87. The standard InChI is InChI=1S/C23H35N/c1-6-10-20-21(11-7-2)23(13-9-4)24(22(20)12-8-3)19-16-14-18(5)15-17-19/h14-17H,6-13H2,1-5H3. The molecule has 24 heavy (non-hydrogen) atoms. The van der Waals surface area contributed by atoms with E-state index >= 15 is 0 Å². The van der Waals surface area contributed by atoms with Crippen LogP contribution in [0.3, 0.4) is 0 Å². The lowest BCUT2D eigenvalue weighted by Gasteiger charge is -2.15. The summed E-state index contributed by atoms with van der Waals surface area (Å²) in [6.45, 7) is 11.4. The lowest BCUT2D eigenvalue weighted by molar-refractivity contribution is 0.772. The maximum atomic E-state index is 2.61. The SMILES string of the molecule is CCCc1c(CCC)c(CCC)n(-c2ccc(C)cc2)c1CCC. The number of aromatic nitrogens is 1. The fourth-order valence-electron chi connectivity index (χ4n) is 3.88. The van der Waals surface area contributed by atoms with Crippen molar-refractivity contribution in [2.24, 2.45) is 0 Å². The van der Waals surface area contributed by atoms with Crippen LogP contribution in [0.2, 0.25) is 0 Å². The van der Waals surface area contributed by atoms with Gasteiger partial charge in [-0.1, -0.05) is 71.1 Å². The van der Waals surface area contributed by atoms with Gasteiger partial charge in [-0.3, -0.25) is 0 Å². The number of nitrogens with zero attached hydrogens (tertiary/aromatic N) is 1. The molecule has 0 radical (unpaired) electrons. The van der Waals surface area contributed by atoms with Crippen molar-refractivity contribution in [1.29, 1.82) is 0 Å².